The first kappa shape index (κ1) is 7.56. The highest BCUT2D eigenvalue weighted by Gasteiger charge is 1.93. The quantitative estimate of drug-likeness (QED) is 0.489. The van der Waals surface area contributed by atoms with E-state index in [9.17, 15) is 0 Å². The highest BCUT2D eigenvalue weighted by molar-refractivity contribution is 4.83. The van der Waals surface area contributed by atoms with Gasteiger partial charge in [-0.05, 0) is 12.3 Å². The van der Waals surface area contributed by atoms with Crippen molar-refractivity contribution in [2.75, 3.05) is 0 Å². The fourth-order valence-electron chi connectivity index (χ4n) is 0.534. The van der Waals surface area contributed by atoms with Gasteiger partial charge in [-0.3, -0.25) is 0 Å². The largest absolute Gasteiger partial charge is 0.120 e. The number of hydrogen-bond acceptors (Lipinski definition) is 0. The Labute approximate surface area is 52.3 Å². The van der Waals surface area contributed by atoms with Crippen LogP contribution in [0.5, 0.6) is 0 Å². The second-order valence-electron chi connectivity index (χ2n) is 2.26. The number of hydrogen-bond donors (Lipinski definition) is 0. The van der Waals surface area contributed by atoms with Crippen molar-refractivity contribution in [3.8, 4) is 12.3 Å². The predicted octanol–water partition coefficient (Wildman–Crippen LogP) is 2.45. The third-order valence-electron chi connectivity index (χ3n) is 1.48. The molecular formula is C8H14. The molecule has 0 aromatic rings. The van der Waals surface area contributed by atoms with Crippen LogP contribution in [0.3, 0.4) is 0 Å². The fourth-order valence-corrected chi connectivity index (χ4v) is 0.534. The maximum atomic E-state index is 5.08. The minimum Gasteiger partial charge on any atom is -0.120 e. The zero-order valence-electron chi connectivity index (χ0n) is 5.78. The first-order valence-corrected chi connectivity index (χ1v) is 3.24. The van der Waals surface area contributed by atoms with E-state index in [0.717, 1.165) is 12.3 Å². The van der Waals surface area contributed by atoms with Crippen LogP contribution in [0, 0.1) is 18.3 Å². The summed E-state index contributed by atoms with van der Waals surface area (Å²) < 4.78 is 0. The molecule has 0 aliphatic heterocycles. The summed E-state index contributed by atoms with van der Waals surface area (Å²) in [4.78, 5) is 0. The summed E-state index contributed by atoms with van der Waals surface area (Å²) in [7, 11) is 0. The maximum absolute atomic E-state index is 5.08. The minimum atomic E-state index is 0.811. The van der Waals surface area contributed by atoms with E-state index >= 15 is 0 Å². The van der Waals surface area contributed by atoms with E-state index in [2.05, 4.69) is 19.8 Å². The molecule has 0 aromatic carbocycles. The van der Waals surface area contributed by atoms with Crippen LogP contribution in [0.4, 0.5) is 0 Å². The van der Waals surface area contributed by atoms with Gasteiger partial charge in [0.15, 0.2) is 0 Å². The monoisotopic (exact) mass is 110 g/mol. The average molecular weight is 110 g/mol. The van der Waals surface area contributed by atoms with E-state index in [-0.39, 0.29) is 0 Å². The molecule has 8 heavy (non-hydrogen) atoms. The third kappa shape index (κ3) is 3.74. The molecule has 0 spiro atoms. The SMILES string of the molecule is C#CCC[C@H](C)CC. The molecule has 0 bridgehead atoms. The summed E-state index contributed by atoms with van der Waals surface area (Å²) in [5.74, 6) is 3.44. The highest BCUT2D eigenvalue weighted by Crippen LogP contribution is 2.07. The van der Waals surface area contributed by atoms with Crippen molar-refractivity contribution >= 4 is 0 Å². The Balaban J connectivity index is 3.01. The van der Waals surface area contributed by atoms with Gasteiger partial charge in [-0.25, -0.2) is 0 Å². The Bertz CT molecular complexity index is 76.5. The second-order valence-corrected chi connectivity index (χ2v) is 2.26. The van der Waals surface area contributed by atoms with E-state index in [0.29, 0.717) is 0 Å². The van der Waals surface area contributed by atoms with E-state index < -0.39 is 0 Å². The molecule has 0 N–H and O–H groups in total. The van der Waals surface area contributed by atoms with Crippen molar-refractivity contribution in [1.29, 1.82) is 0 Å². The Morgan fingerprint density at radius 2 is 2.25 bits per heavy atom. The van der Waals surface area contributed by atoms with E-state index in [1.54, 1.807) is 0 Å². The summed E-state index contributed by atoms with van der Waals surface area (Å²) in [6.07, 6.45) is 8.46. The van der Waals surface area contributed by atoms with Gasteiger partial charge >= 0.3 is 0 Å². The Morgan fingerprint density at radius 3 is 2.62 bits per heavy atom. The molecule has 0 aromatic heterocycles. The van der Waals surface area contributed by atoms with Gasteiger partial charge in [-0.15, -0.1) is 12.3 Å². The smallest absolute Gasteiger partial charge is 0.00885 e. The van der Waals surface area contributed by atoms with Crippen LogP contribution in [-0.4, -0.2) is 0 Å². The molecule has 1 atom stereocenters. The summed E-state index contributed by atoms with van der Waals surface area (Å²) in [6, 6.07) is 0. The van der Waals surface area contributed by atoms with Gasteiger partial charge in [-0.2, -0.15) is 0 Å². The first-order valence-electron chi connectivity index (χ1n) is 3.24. The molecule has 0 saturated heterocycles. The Kier molecular flexibility index (Phi) is 4.45. The molecule has 0 nitrogen and oxygen atoms in total. The van der Waals surface area contributed by atoms with Crippen LogP contribution >= 0.6 is 0 Å². The van der Waals surface area contributed by atoms with Crippen molar-refractivity contribution in [3.05, 3.63) is 0 Å². The lowest BCUT2D eigenvalue weighted by molar-refractivity contribution is 0.525. The lowest BCUT2D eigenvalue weighted by atomic mass is 10.0. The van der Waals surface area contributed by atoms with Crippen LogP contribution in [0.2, 0.25) is 0 Å². The van der Waals surface area contributed by atoms with E-state index in [4.69, 9.17) is 6.42 Å². The van der Waals surface area contributed by atoms with Gasteiger partial charge in [0.1, 0.15) is 0 Å². The lowest BCUT2D eigenvalue weighted by Crippen LogP contribution is -1.89. The van der Waals surface area contributed by atoms with Crippen molar-refractivity contribution in [2.45, 2.75) is 33.1 Å². The van der Waals surface area contributed by atoms with Crippen molar-refractivity contribution in [3.63, 3.8) is 0 Å². The summed E-state index contributed by atoms with van der Waals surface area (Å²) in [5, 5.41) is 0. The zero-order chi connectivity index (χ0) is 6.41. The summed E-state index contributed by atoms with van der Waals surface area (Å²) >= 11 is 0. The van der Waals surface area contributed by atoms with Crippen LogP contribution < -0.4 is 0 Å². The molecule has 0 amide bonds. The van der Waals surface area contributed by atoms with Crippen molar-refractivity contribution in [1.82, 2.24) is 0 Å². The van der Waals surface area contributed by atoms with Gasteiger partial charge in [0.2, 0.25) is 0 Å². The average Bonchev–Trinajstić information content (AvgIpc) is 1.83. The molecule has 0 heterocycles. The molecular weight excluding hydrogens is 96.1 g/mol. The van der Waals surface area contributed by atoms with E-state index in [1.807, 2.05) is 0 Å². The first-order chi connectivity index (χ1) is 3.81. The minimum absolute atomic E-state index is 0.811. The Morgan fingerprint density at radius 1 is 1.62 bits per heavy atom. The summed E-state index contributed by atoms with van der Waals surface area (Å²) in [6.45, 7) is 4.43. The lowest BCUT2D eigenvalue weighted by Gasteiger charge is -2.02. The molecule has 0 heteroatoms. The zero-order valence-corrected chi connectivity index (χ0v) is 5.78. The molecule has 0 radical (unpaired) electrons. The number of terminal acetylenes is 1. The van der Waals surface area contributed by atoms with Gasteiger partial charge in [0, 0.05) is 6.42 Å². The van der Waals surface area contributed by atoms with Gasteiger partial charge < -0.3 is 0 Å². The van der Waals surface area contributed by atoms with Gasteiger partial charge in [0.25, 0.3) is 0 Å². The van der Waals surface area contributed by atoms with Gasteiger partial charge in [-0.1, -0.05) is 20.3 Å². The molecule has 0 aliphatic rings. The summed E-state index contributed by atoms with van der Waals surface area (Å²) in [5.41, 5.74) is 0. The standard InChI is InChI=1S/C8H14/c1-4-6-7-8(3)5-2/h1,8H,5-7H2,2-3H3/t8-/m1/s1. The molecule has 46 valence electrons. The van der Waals surface area contributed by atoms with Crippen LogP contribution in [0.25, 0.3) is 0 Å². The van der Waals surface area contributed by atoms with E-state index in [1.165, 1.54) is 12.8 Å². The van der Waals surface area contributed by atoms with Gasteiger partial charge in [0.05, 0.1) is 0 Å². The number of rotatable bonds is 3. The molecule has 0 aliphatic carbocycles. The topological polar surface area (TPSA) is 0 Å². The van der Waals surface area contributed by atoms with Crippen molar-refractivity contribution in [2.24, 2.45) is 5.92 Å². The maximum Gasteiger partial charge on any atom is 0.00885 e. The fraction of sp³-hybridized carbons (Fsp3) is 0.750. The normalized spacial score (nSPS) is 12.6. The molecule has 0 rings (SSSR count). The van der Waals surface area contributed by atoms with Crippen LogP contribution in [0.1, 0.15) is 33.1 Å². The second kappa shape index (κ2) is 4.71. The van der Waals surface area contributed by atoms with Crippen molar-refractivity contribution < 1.29 is 0 Å². The third-order valence-corrected chi connectivity index (χ3v) is 1.48. The van der Waals surface area contributed by atoms with Crippen LogP contribution in [-0.2, 0) is 0 Å². The molecule has 0 unspecified atom stereocenters. The highest BCUT2D eigenvalue weighted by atomic mass is 14.0. The predicted molar refractivity (Wildman–Crippen MR) is 37.5 cm³/mol. The Hall–Kier alpha value is -0.440. The molecule has 0 fully saturated rings. The van der Waals surface area contributed by atoms with Crippen LogP contribution in [0.15, 0.2) is 0 Å². The molecule has 0 saturated carbocycles.